The van der Waals surface area contributed by atoms with Crippen LogP contribution in [0.3, 0.4) is 0 Å². The van der Waals surface area contributed by atoms with Crippen molar-refractivity contribution in [2.75, 3.05) is 0 Å². The van der Waals surface area contributed by atoms with Crippen molar-refractivity contribution in [2.24, 2.45) is 11.8 Å². The summed E-state index contributed by atoms with van der Waals surface area (Å²) >= 11 is 4.97. The first kappa shape index (κ1) is 10.8. The second-order valence-electron chi connectivity index (χ2n) is 3.98. The highest BCUT2D eigenvalue weighted by Crippen LogP contribution is 2.33. The lowest BCUT2D eigenvalue weighted by Crippen LogP contribution is -2.47. The first-order valence-electron chi connectivity index (χ1n) is 4.59. The number of alkyl halides is 2. The van der Waals surface area contributed by atoms with E-state index in [1.807, 2.05) is 0 Å². The number of nitrogens with one attached hydrogen (secondary N) is 1. The molecule has 1 atom stereocenters. The average Bonchev–Trinajstić information content (AvgIpc) is 1.94. The van der Waals surface area contributed by atoms with E-state index in [1.54, 1.807) is 0 Å². The van der Waals surface area contributed by atoms with Crippen molar-refractivity contribution in [3.63, 3.8) is 0 Å². The number of amides is 1. The molecule has 0 heterocycles. The average molecular weight is 208 g/mol. The van der Waals surface area contributed by atoms with E-state index in [4.69, 9.17) is 11.6 Å². The number of carbonyl (C=O) groups is 1. The molecule has 1 saturated carbocycles. The summed E-state index contributed by atoms with van der Waals surface area (Å²) < 4.78 is 12.2. The molecule has 1 unspecified atom stereocenters. The zero-order chi connectivity index (χ0) is 10.0. The maximum Gasteiger partial charge on any atom is 0.270 e. The van der Waals surface area contributed by atoms with Crippen LogP contribution < -0.4 is 5.32 Å². The zero-order valence-corrected chi connectivity index (χ0v) is 8.64. The molecular weight excluding hydrogens is 193 g/mol. The first-order valence-corrected chi connectivity index (χ1v) is 5.03. The fourth-order valence-electron chi connectivity index (χ4n) is 1.59. The van der Waals surface area contributed by atoms with E-state index in [9.17, 15) is 9.18 Å². The molecule has 0 aromatic rings. The monoisotopic (exact) mass is 207 g/mol. The molecule has 1 fully saturated rings. The Balaban J connectivity index is 2.18. The normalized spacial score (nSPS) is 29.6. The molecule has 1 rings (SSSR count). The standard InChI is InChI=1S/C9H15ClFNO/c1-5(2)6-3-7(4-6)12-9(13)8(10)11/h5-8H,3-4H2,1-2H3,(H,12,13). The van der Waals surface area contributed by atoms with Crippen LogP contribution >= 0.6 is 11.6 Å². The van der Waals surface area contributed by atoms with Gasteiger partial charge in [0.15, 0.2) is 0 Å². The topological polar surface area (TPSA) is 29.1 Å². The molecule has 0 bridgehead atoms. The van der Waals surface area contributed by atoms with Gasteiger partial charge in [-0.1, -0.05) is 25.4 Å². The third-order valence-corrected chi connectivity index (χ3v) is 2.86. The van der Waals surface area contributed by atoms with Gasteiger partial charge in [-0.3, -0.25) is 4.79 Å². The van der Waals surface area contributed by atoms with E-state index in [-0.39, 0.29) is 6.04 Å². The Morgan fingerprint density at radius 1 is 1.54 bits per heavy atom. The molecule has 0 saturated heterocycles. The number of rotatable bonds is 3. The summed E-state index contributed by atoms with van der Waals surface area (Å²) in [7, 11) is 0. The van der Waals surface area contributed by atoms with Crippen molar-refractivity contribution in [1.82, 2.24) is 5.32 Å². The van der Waals surface area contributed by atoms with Crippen LogP contribution in [0.25, 0.3) is 0 Å². The Bertz CT molecular complexity index is 190. The molecule has 76 valence electrons. The minimum absolute atomic E-state index is 0.136. The molecule has 1 N–H and O–H groups in total. The van der Waals surface area contributed by atoms with Crippen molar-refractivity contribution in [3.8, 4) is 0 Å². The minimum Gasteiger partial charge on any atom is -0.350 e. The highest BCUT2D eigenvalue weighted by atomic mass is 35.5. The lowest BCUT2D eigenvalue weighted by molar-refractivity contribution is -0.125. The van der Waals surface area contributed by atoms with Crippen LogP contribution in [0.5, 0.6) is 0 Å². The highest BCUT2D eigenvalue weighted by Gasteiger charge is 2.33. The predicted octanol–water partition coefficient (Wildman–Crippen LogP) is 2.07. The van der Waals surface area contributed by atoms with E-state index in [1.165, 1.54) is 0 Å². The summed E-state index contributed by atoms with van der Waals surface area (Å²) in [6.45, 7) is 4.31. The van der Waals surface area contributed by atoms with Gasteiger partial charge in [0.25, 0.3) is 11.5 Å². The Morgan fingerprint density at radius 2 is 2.08 bits per heavy atom. The molecule has 2 nitrogen and oxygen atoms in total. The second kappa shape index (κ2) is 4.27. The van der Waals surface area contributed by atoms with Crippen LogP contribution in [0.4, 0.5) is 4.39 Å². The molecule has 0 spiro atoms. The SMILES string of the molecule is CC(C)C1CC(NC(=O)C(F)Cl)C1. The predicted molar refractivity (Wildman–Crippen MR) is 50.2 cm³/mol. The molecule has 13 heavy (non-hydrogen) atoms. The molecule has 0 aliphatic heterocycles. The molecule has 1 aliphatic carbocycles. The van der Waals surface area contributed by atoms with Crippen LogP contribution in [-0.2, 0) is 4.79 Å². The van der Waals surface area contributed by atoms with Gasteiger partial charge in [0.1, 0.15) is 0 Å². The minimum atomic E-state index is -1.90. The molecule has 0 aromatic heterocycles. The third kappa shape index (κ3) is 2.83. The second-order valence-corrected chi connectivity index (χ2v) is 4.36. The first-order chi connectivity index (χ1) is 6.00. The quantitative estimate of drug-likeness (QED) is 0.706. The Morgan fingerprint density at radius 3 is 2.46 bits per heavy atom. The number of hydrogen-bond donors (Lipinski definition) is 1. The summed E-state index contributed by atoms with van der Waals surface area (Å²) in [5, 5.41) is 2.55. The van der Waals surface area contributed by atoms with E-state index in [2.05, 4.69) is 19.2 Å². The summed E-state index contributed by atoms with van der Waals surface area (Å²) in [4.78, 5) is 10.8. The van der Waals surface area contributed by atoms with Gasteiger partial charge in [0.2, 0.25) is 0 Å². The van der Waals surface area contributed by atoms with Gasteiger partial charge >= 0.3 is 0 Å². The molecule has 4 heteroatoms. The van der Waals surface area contributed by atoms with Gasteiger partial charge in [-0.05, 0) is 24.7 Å². The van der Waals surface area contributed by atoms with Crippen LogP contribution in [0.1, 0.15) is 26.7 Å². The van der Waals surface area contributed by atoms with Gasteiger partial charge in [-0.2, -0.15) is 0 Å². The number of halogens is 2. The van der Waals surface area contributed by atoms with Crippen LogP contribution in [-0.4, -0.2) is 17.6 Å². The molecule has 0 aromatic carbocycles. The van der Waals surface area contributed by atoms with Crippen molar-refractivity contribution in [3.05, 3.63) is 0 Å². The van der Waals surface area contributed by atoms with Crippen molar-refractivity contribution >= 4 is 17.5 Å². The van der Waals surface area contributed by atoms with Gasteiger partial charge in [-0.15, -0.1) is 0 Å². The summed E-state index contributed by atoms with van der Waals surface area (Å²) in [5.74, 6) is 0.609. The zero-order valence-electron chi connectivity index (χ0n) is 7.89. The Hall–Kier alpha value is -0.310. The lowest BCUT2D eigenvalue weighted by atomic mass is 9.74. The smallest absolute Gasteiger partial charge is 0.270 e. The molecular formula is C9H15ClFNO. The molecule has 0 radical (unpaired) electrons. The van der Waals surface area contributed by atoms with E-state index < -0.39 is 11.5 Å². The van der Waals surface area contributed by atoms with Gasteiger partial charge in [-0.25, -0.2) is 4.39 Å². The Kier molecular flexibility index (Phi) is 3.54. The number of hydrogen-bond acceptors (Lipinski definition) is 1. The maximum absolute atomic E-state index is 12.2. The molecule has 1 aliphatic rings. The largest absolute Gasteiger partial charge is 0.350 e. The van der Waals surface area contributed by atoms with Crippen molar-refractivity contribution < 1.29 is 9.18 Å². The fraction of sp³-hybridized carbons (Fsp3) is 0.889. The summed E-state index contributed by atoms with van der Waals surface area (Å²) in [6.07, 6.45) is 1.90. The van der Waals surface area contributed by atoms with Crippen LogP contribution in [0.15, 0.2) is 0 Å². The van der Waals surface area contributed by atoms with E-state index in [0.717, 1.165) is 12.8 Å². The van der Waals surface area contributed by atoms with E-state index in [0.29, 0.717) is 11.8 Å². The van der Waals surface area contributed by atoms with Crippen LogP contribution in [0, 0.1) is 11.8 Å². The lowest BCUT2D eigenvalue weighted by Gasteiger charge is -2.38. The molecule has 1 amide bonds. The van der Waals surface area contributed by atoms with Crippen molar-refractivity contribution in [2.45, 2.75) is 38.4 Å². The van der Waals surface area contributed by atoms with Crippen molar-refractivity contribution in [1.29, 1.82) is 0 Å². The fourth-order valence-corrected chi connectivity index (χ4v) is 1.65. The summed E-state index contributed by atoms with van der Waals surface area (Å²) in [6, 6.07) is 0.136. The van der Waals surface area contributed by atoms with Gasteiger partial charge in [0, 0.05) is 6.04 Å². The van der Waals surface area contributed by atoms with E-state index >= 15 is 0 Å². The Labute approximate surface area is 82.8 Å². The highest BCUT2D eigenvalue weighted by molar-refractivity contribution is 6.29. The van der Waals surface area contributed by atoms with Crippen LogP contribution in [0.2, 0.25) is 0 Å². The maximum atomic E-state index is 12.2. The number of carbonyl (C=O) groups excluding carboxylic acids is 1. The van der Waals surface area contributed by atoms with Gasteiger partial charge in [0.05, 0.1) is 0 Å². The van der Waals surface area contributed by atoms with Gasteiger partial charge < -0.3 is 5.32 Å². The third-order valence-electron chi connectivity index (χ3n) is 2.66. The summed E-state index contributed by atoms with van der Waals surface area (Å²) in [5.41, 5.74) is -1.90.